The van der Waals surface area contributed by atoms with E-state index in [0.29, 0.717) is 36.3 Å². The molecule has 2 aromatic rings. The zero-order chi connectivity index (χ0) is 26.0. The number of amides is 5. The van der Waals surface area contributed by atoms with Crippen LogP contribution in [-0.4, -0.2) is 47.8 Å². The van der Waals surface area contributed by atoms with Gasteiger partial charge in [0.25, 0.3) is 17.7 Å². The highest BCUT2D eigenvalue weighted by molar-refractivity contribution is 6.31. The van der Waals surface area contributed by atoms with E-state index in [9.17, 15) is 36.7 Å². The van der Waals surface area contributed by atoms with Crippen molar-refractivity contribution in [1.29, 1.82) is 0 Å². The first-order chi connectivity index (χ1) is 17.0. The first kappa shape index (κ1) is 24.9. The molecule has 0 saturated carbocycles. The molecule has 2 saturated heterocycles. The number of nitrogens with one attached hydrogen (secondary N) is 2. The Morgan fingerprint density at radius 3 is 2.14 bits per heavy atom. The van der Waals surface area contributed by atoms with E-state index in [1.807, 2.05) is 10.6 Å². The quantitative estimate of drug-likeness (QED) is 0.377. The van der Waals surface area contributed by atoms with Gasteiger partial charge < -0.3 is 9.64 Å². The molecular formula is C24H19F4N3O5. The normalized spacial score (nSPS) is 16.9. The first-order valence-electron chi connectivity index (χ1n) is 10.8. The Balaban J connectivity index is 1.32. The van der Waals surface area contributed by atoms with Crippen LogP contribution in [-0.2, 0) is 15.8 Å². The minimum atomic E-state index is -4.84. The summed E-state index contributed by atoms with van der Waals surface area (Å²) < 4.78 is 57.9. The zero-order valence-corrected chi connectivity index (χ0v) is 18.5. The van der Waals surface area contributed by atoms with Crippen LogP contribution in [0, 0.1) is 5.82 Å². The molecule has 2 aliphatic rings. The van der Waals surface area contributed by atoms with E-state index in [4.69, 9.17) is 4.74 Å². The topological polar surface area (TPSA) is 105 Å². The lowest BCUT2D eigenvalue weighted by Gasteiger charge is -2.32. The molecule has 0 unspecified atom stereocenters. The Morgan fingerprint density at radius 2 is 1.58 bits per heavy atom. The molecule has 2 N–H and O–H groups in total. The van der Waals surface area contributed by atoms with Gasteiger partial charge in [0.05, 0.1) is 5.56 Å². The van der Waals surface area contributed by atoms with Crippen molar-refractivity contribution in [2.45, 2.75) is 25.1 Å². The van der Waals surface area contributed by atoms with Gasteiger partial charge in [-0.1, -0.05) is 12.1 Å². The van der Waals surface area contributed by atoms with Crippen LogP contribution in [0.3, 0.4) is 0 Å². The number of alkyl halides is 3. The lowest BCUT2D eigenvalue weighted by molar-refractivity contribution is -0.140. The van der Waals surface area contributed by atoms with Gasteiger partial charge in [-0.2, -0.15) is 13.2 Å². The van der Waals surface area contributed by atoms with Crippen molar-refractivity contribution in [3.8, 4) is 5.75 Å². The van der Waals surface area contributed by atoms with Gasteiger partial charge in [0.1, 0.15) is 23.2 Å². The molecule has 0 spiro atoms. The van der Waals surface area contributed by atoms with Crippen LogP contribution in [0.5, 0.6) is 5.75 Å². The molecule has 2 aromatic carbocycles. The second-order valence-corrected chi connectivity index (χ2v) is 8.17. The van der Waals surface area contributed by atoms with Gasteiger partial charge >= 0.3 is 12.2 Å². The predicted molar refractivity (Wildman–Crippen MR) is 117 cm³/mol. The van der Waals surface area contributed by atoms with E-state index >= 15 is 0 Å². The number of carbonyl (C=O) groups is 4. The zero-order valence-electron chi connectivity index (χ0n) is 18.5. The van der Waals surface area contributed by atoms with Crippen LogP contribution < -0.4 is 15.4 Å². The lowest BCUT2D eigenvalue weighted by atomic mass is 10.0. The van der Waals surface area contributed by atoms with Gasteiger partial charge in [-0.3, -0.25) is 25.0 Å². The molecule has 0 aromatic heterocycles. The molecule has 0 radical (unpaired) electrons. The number of likely N-dealkylation sites (tertiary alicyclic amines) is 1. The molecule has 2 aliphatic heterocycles. The van der Waals surface area contributed by atoms with Crippen molar-refractivity contribution < 1.29 is 41.5 Å². The maximum atomic E-state index is 13.8. The molecule has 0 atom stereocenters. The van der Waals surface area contributed by atoms with Crippen molar-refractivity contribution >= 4 is 29.8 Å². The molecule has 2 heterocycles. The van der Waals surface area contributed by atoms with Gasteiger partial charge in [-0.25, -0.2) is 9.18 Å². The summed E-state index contributed by atoms with van der Waals surface area (Å²) in [6.45, 7) is 0.554. The van der Waals surface area contributed by atoms with E-state index in [1.54, 1.807) is 24.3 Å². The Hall–Kier alpha value is -4.22. The molecule has 0 bridgehead atoms. The Morgan fingerprint density at radius 1 is 0.972 bits per heavy atom. The van der Waals surface area contributed by atoms with Gasteiger partial charge in [0.2, 0.25) is 0 Å². The number of piperidine rings is 1. The third kappa shape index (κ3) is 5.53. The average molecular weight is 505 g/mol. The van der Waals surface area contributed by atoms with Crippen LogP contribution in [0.1, 0.15) is 34.3 Å². The highest BCUT2D eigenvalue weighted by Crippen LogP contribution is 2.32. The number of carbonyl (C=O) groups excluding carboxylic acids is 4. The van der Waals surface area contributed by atoms with Crippen molar-refractivity contribution in [2.75, 3.05) is 13.1 Å². The summed E-state index contributed by atoms with van der Waals surface area (Å²) >= 11 is 0. The van der Waals surface area contributed by atoms with Crippen molar-refractivity contribution in [3.63, 3.8) is 0 Å². The largest absolute Gasteiger partial charge is 0.490 e. The molecule has 8 nitrogen and oxygen atoms in total. The number of urea groups is 1. The fourth-order valence-electron chi connectivity index (χ4n) is 3.85. The van der Waals surface area contributed by atoms with Crippen LogP contribution >= 0.6 is 0 Å². The number of rotatable bonds is 4. The second-order valence-electron chi connectivity index (χ2n) is 8.17. The second kappa shape index (κ2) is 9.80. The predicted octanol–water partition coefficient (Wildman–Crippen LogP) is 3.28. The Labute approximate surface area is 201 Å². The summed E-state index contributed by atoms with van der Waals surface area (Å²) in [5.41, 5.74) is -1.27. The SMILES string of the molecule is O=C1NC(=O)C(=Cc2ccc(OC3CCN(C(=O)c4ccc(C(F)(F)F)c(F)c4)CC3)cc2)C(=O)N1. The Bertz CT molecular complexity index is 1230. The summed E-state index contributed by atoms with van der Waals surface area (Å²) in [6, 6.07) is 7.76. The molecule has 4 rings (SSSR count). The van der Waals surface area contributed by atoms with Crippen LogP contribution in [0.15, 0.2) is 48.0 Å². The van der Waals surface area contributed by atoms with Gasteiger partial charge in [0.15, 0.2) is 0 Å². The standard InChI is InChI=1S/C24H19F4N3O5/c25-19-12-14(3-6-18(19)24(26,27)28)22(34)31-9-7-16(8-10-31)36-15-4-1-13(2-5-15)11-17-20(32)29-23(35)30-21(17)33/h1-6,11-12,16H,7-10H2,(H2,29,30,32,33,35). The summed E-state index contributed by atoms with van der Waals surface area (Å²) in [5, 5.41) is 3.97. The van der Waals surface area contributed by atoms with E-state index in [-0.39, 0.29) is 30.3 Å². The number of hydrogen-bond donors (Lipinski definition) is 2. The van der Waals surface area contributed by atoms with Crippen molar-refractivity contribution in [2.24, 2.45) is 0 Å². The van der Waals surface area contributed by atoms with Gasteiger partial charge in [0, 0.05) is 31.5 Å². The fraction of sp³-hybridized carbons (Fsp3) is 0.250. The first-order valence-corrected chi connectivity index (χ1v) is 10.8. The van der Waals surface area contributed by atoms with Gasteiger partial charge in [-0.05, 0) is 42.0 Å². The number of benzene rings is 2. The molecule has 188 valence electrons. The van der Waals surface area contributed by atoms with Crippen LogP contribution in [0.25, 0.3) is 6.08 Å². The molecule has 5 amide bonds. The minimum Gasteiger partial charge on any atom is -0.490 e. The summed E-state index contributed by atoms with van der Waals surface area (Å²) in [7, 11) is 0. The monoisotopic (exact) mass is 505 g/mol. The fourth-order valence-corrected chi connectivity index (χ4v) is 3.85. The number of halogens is 4. The number of imide groups is 2. The summed E-state index contributed by atoms with van der Waals surface area (Å²) in [4.78, 5) is 48.8. The number of nitrogens with zero attached hydrogens (tertiary/aromatic N) is 1. The molecule has 36 heavy (non-hydrogen) atoms. The highest BCUT2D eigenvalue weighted by Gasteiger charge is 2.35. The Kier molecular flexibility index (Phi) is 6.77. The number of barbiturate groups is 1. The minimum absolute atomic E-state index is 0.158. The van der Waals surface area contributed by atoms with E-state index < -0.39 is 41.3 Å². The highest BCUT2D eigenvalue weighted by atomic mass is 19.4. The van der Waals surface area contributed by atoms with Gasteiger partial charge in [-0.15, -0.1) is 0 Å². The third-order valence-electron chi connectivity index (χ3n) is 5.69. The number of ether oxygens (including phenoxy) is 1. The van der Waals surface area contributed by atoms with Crippen LogP contribution in [0.4, 0.5) is 22.4 Å². The molecule has 2 fully saturated rings. The van der Waals surface area contributed by atoms with Crippen molar-refractivity contribution in [1.82, 2.24) is 15.5 Å². The van der Waals surface area contributed by atoms with E-state index in [0.717, 1.165) is 6.07 Å². The summed E-state index contributed by atoms with van der Waals surface area (Å²) in [6.07, 6.45) is -2.83. The summed E-state index contributed by atoms with van der Waals surface area (Å²) in [5.74, 6) is -3.15. The third-order valence-corrected chi connectivity index (χ3v) is 5.69. The smallest absolute Gasteiger partial charge is 0.419 e. The molecular weight excluding hydrogens is 486 g/mol. The van der Waals surface area contributed by atoms with Crippen LogP contribution in [0.2, 0.25) is 0 Å². The maximum Gasteiger partial charge on any atom is 0.419 e. The average Bonchev–Trinajstić information content (AvgIpc) is 2.81. The molecule has 12 heteroatoms. The van der Waals surface area contributed by atoms with E-state index in [2.05, 4.69) is 0 Å². The van der Waals surface area contributed by atoms with Crippen molar-refractivity contribution in [3.05, 3.63) is 70.5 Å². The van der Waals surface area contributed by atoms with E-state index in [1.165, 1.54) is 11.0 Å². The maximum absolute atomic E-state index is 13.8. The molecule has 0 aliphatic carbocycles. The number of hydrogen-bond acceptors (Lipinski definition) is 5. The lowest BCUT2D eigenvalue weighted by Crippen LogP contribution is -2.51.